The van der Waals surface area contributed by atoms with Crippen LogP contribution in [-0.4, -0.2) is 19.6 Å². The highest BCUT2D eigenvalue weighted by Gasteiger charge is 2.29. The van der Waals surface area contributed by atoms with Gasteiger partial charge in [-0.25, -0.2) is 0 Å². The van der Waals surface area contributed by atoms with Gasteiger partial charge in [-0.3, -0.25) is 4.79 Å². The normalized spacial score (nSPS) is 13.3. The fourth-order valence-electron chi connectivity index (χ4n) is 1.85. The molecule has 1 atom stereocenters. The van der Waals surface area contributed by atoms with E-state index in [1.54, 1.807) is 11.3 Å². The van der Waals surface area contributed by atoms with Gasteiger partial charge in [0.05, 0.1) is 12.5 Å². The summed E-state index contributed by atoms with van der Waals surface area (Å²) in [7, 11) is 1.44. The molecule has 0 spiro atoms. The third-order valence-electron chi connectivity index (χ3n) is 2.99. The Kier molecular flexibility index (Phi) is 5.82. The maximum absolute atomic E-state index is 11.6. The van der Waals surface area contributed by atoms with E-state index in [4.69, 9.17) is 4.74 Å². The van der Waals surface area contributed by atoms with Crippen molar-refractivity contribution in [2.45, 2.75) is 39.7 Å². The van der Waals surface area contributed by atoms with Crippen LogP contribution in [0.2, 0.25) is 0 Å². The largest absolute Gasteiger partial charge is 0.469 e. The summed E-state index contributed by atoms with van der Waals surface area (Å²) < 4.78 is 4.82. The van der Waals surface area contributed by atoms with E-state index in [2.05, 4.69) is 29.8 Å². The van der Waals surface area contributed by atoms with E-state index in [1.807, 2.05) is 13.8 Å². The Balaban J connectivity index is 2.60. The predicted molar refractivity (Wildman–Crippen MR) is 75.8 cm³/mol. The smallest absolute Gasteiger partial charge is 0.312 e. The zero-order valence-electron chi connectivity index (χ0n) is 11.7. The van der Waals surface area contributed by atoms with Crippen molar-refractivity contribution in [3.05, 3.63) is 22.4 Å². The molecule has 0 aromatic carbocycles. The molecular formula is C14H23NO2S. The van der Waals surface area contributed by atoms with Crippen molar-refractivity contribution in [2.24, 2.45) is 5.41 Å². The van der Waals surface area contributed by atoms with Crippen LogP contribution in [0.4, 0.5) is 0 Å². The van der Waals surface area contributed by atoms with E-state index in [1.165, 1.54) is 12.0 Å². The minimum absolute atomic E-state index is 0.170. The Labute approximate surface area is 114 Å². The van der Waals surface area contributed by atoms with Crippen LogP contribution < -0.4 is 5.32 Å². The summed E-state index contributed by atoms with van der Waals surface area (Å²) in [5.41, 5.74) is -0.488. The lowest BCUT2D eigenvalue weighted by atomic mass is 9.93. The Bertz CT molecular complexity index is 360. The first-order valence-corrected chi connectivity index (χ1v) is 7.24. The molecule has 0 aliphatic heterocycles. The van der Waals surface area contributed by atoms with Crippen molar-refractivity contribution in [1.82, 2.24) is 5.32 Å². The monoisotopic (exact) mass is 269 g/mol. The summed E-state index contributed by atoms with van der Waals surface area (Å²) >= 11 is 1.76. The molecule has 1 rings (SSSR count). The minimum atomic E-state index is -0.488. The molecule has 0 aliphatic carbocycles. The van der Waals surface area contributed by atoms with Gasteiger partial charge in [-0.15, -0.1) is 11.3 Å². The number of hydrogen-bond acceptors (Lipinski definition) is 4. The van der Waals surface area contributed by atoms with Crippen LogP contribution in [0.15, 0.2) is 17.5 Å². The molecule has 1 aromatic heterocycles. The third-order valence-corrected chi connectivity index (χ3v) is 3.98. The first-order chi connectivity index (χ1) is 8.51. The predicted octanol–water partition coefficient (Wildman–Crippen LogP) is 3.38. The van der Waals surface area contributed by atoms with Crippen molar-refractivity contribution in [1.29, 1.82) is 0 Å². The average molecular weight is 269 g/mol. The van der Waals surface area contributed by atoms with Crippen LogP contribution in [0.25, 0.3) is 0 Å². The first kappa shape index (κ1) is 15.2. The van der Waals surface area contributed by atoms with E-state index in [9.17, 15) is 4.79 Å². The maximum atomic E-state index is 11.6. The third kappa shape index (κ3) is 4.10. The second kappa shape index (κ2) is 6.90. The van der Waals surface area contributed by atoms with E-state index in [-0.39, 0.29) is 5.97 Å². The summed E-state index contributed by atoms with van der Waals surface area (Å²) in [5.74, 6) is -0.170. The van der Waals surface area contributed by atoms with E-state index >= 15 is 0 Å². The van der Waals surface area contributed by atoms with Crippen LogP contribution >= 0.6 is 11.3 Å². The molecular weight excluding hydrogens is 246 g/mol. The zero-order chi connectivity index (χ0) is 13.6. The number of hydrogen-bond donors (Lipinski definition) is 1. The van der Waals surface area contributed by atoms with Crippen molar-refractivity contribution in [3.63, 3.8) is 0 Å². The lowest BCUT2D eigenvalue weighted by molar-refractivity contribution is -0.150. The molecule has 102 valence electrons. The zero-order valence-corrected chi connectivity index (χ0v) is 12.5. The van der Waals surface area contributed by atoms with Gasteiger partial charge in [0.15, 0.2) is 0 Å². The number of nitrogens with one attached hydrogen (secondary N) is 1. The van der Waals surface area contributed by atoms with Gasteiger partial charge in [0.1, 0.15) is 0 Å². The van der Waals surface area contributed by atoms with E-state index < -0.39 is 5.41 Å². The standard InChI is InChI=1S/C14H23NO2S/c1-5-7-11(12-8-6-9-18-12)15-10-14(2,3)13(16)17-4/h6,8-9,11,15H,5,7,10H2,1-4H3. The molecule has 1 unspecified atom stereocenters. The topological polar surface area (TPSA) is 38.3 Å². The summed E-state index contributed by atoms with van der Waals surface area (Å²) in [5, 5.41) is 5.58. The molecule has 0 aliphatic rings. The van der Waals surface area contributed by atoms with Gasteiger partial charge in [0, 0.05) is 17.5 Å². The van der Waals surface area contributed by atoms with Crippen LogP contribution in [0.1, 0.15) is 44.5 Å². The lowest BCUT2D eigenvalue weighted by Crippen LogP contribution is -2.38. The number of carbonyl (C=O) groups excluding carboxylic acids is 1. The SMILES string of the molecule is CCCC(NCC(C)(C)C(=O)OC)c1cccs1. The van der Waals surface area contributed by atoms with Gasteiger partial charge < -0.3 is 10.1 Å². The van der Waals surface area contributed by atoms with Gasteiger partial charge >= 0.3 is 5.97 Å². The summed E-state index contributed by atoms with van der Waals surface area (Å²) in [4.78, 5) is 13.0. The quantitative estimate of drug-likeness (QED) is 0.771. The van der Waals surface area contributed by atoms with Crippen molar-refractivity contribution < 1.29 is 9.53 Å². The molecule has 3 nitrogen and oxygen atoms in total. The van der Waals surface area contributed by atoms with Crippen LogP contribution in [0, 0.1) is 5.41 Å². The number of methoxy groups -OCH3 is 1. The highest BCUT2D eigenvalue weighted by Crippen LogP contribution is 2.25. The highest BCUT2D eigenvalue weighted by molar-refractivity contribution is 7.10. The molecule has 0 bridgehead atoms. The number of carbonyl (C=O) groups is 1. The maximum Gasteiger partial charge on any atom is 0.312 e. The second-order valence-electron chi connectivity index (χ2n) is 5.11. The molecule has 0 fully saturated rings. The highest BCUT2D eigenvalue weighted by atomic mass is 32.1. The lowest BCUT2D eigenvalue weighted by Gasteiger charge is -2.25. The van der Waals surface area contributed by atoms with Crippen LogP contribution in [-0.2, 0) is 9.53 Å². The molecule has 4 heteroatoms. The van der Waals surface area contributed by atoms with Gasteiger partial charge in [-0.05, 0) is 31.7 Å². The molecule has 1 heterocycles. The van der Waals surface area contributed by atoms with Gasteiger partial charge in [0.2, 0.25) is 0 Å². The summed E-state index contributed by atoms with van der Waals surface area (Å²) in [6.45, 7) is 6.61. The molecule has 1 aromatic rings. The summed E-state index contributed by atoms with van der Waals surface area (Å²) in [6.07, 6.45) is 2.20. The molecule has 0 saturated carbocycles. The molecule has 0 amide bonds. The molecule has 0 saturated heterocycles. The van der Waals surface area contributed by atoms with Crippen LogP contribution in [0.3, 0.4) is 0 Å². The second-order valence-corrected chi connectivity index (χ2v) is 6.09. The Morgan fingerprint density at radius 3 is 2.78 bits per heavy atom. The molecule has 18 heavy (non-hydrogen) atoms. The van der Waals surface area contributed by atoms with Gasteiger partial charge in [-0.2, -0.15) is 0 Å². The van der Waals surface area contributed by atoms with Crippen molar-refractivity contribution >= 4 is 17.3 Å². The molecule has 0 radical (unpaired) electrons. The number of esters is 1. The van der Waals surface area contributed by atoms with Crippen LogP contribution in [0.5, 0.6) is 0 Å². The van der Waals surface area contributed by atoms with Crippen molar-refractivity contribution in [3.8, 4) is 0 Å². The fourth-order valence-corrected chi connectivity index (χ4v) is 2.69. The minimum Gasteiger partial charge on any atom is -0.469 e. The number of thiophene rings is 1. The fraction of sp³-hybridized carbons (Fsp3) is 0.643. The average Bonchev–Trinajstić information content (AvgIpc) is 2.87. The van der Waals surface area contributed by atoms with Gasteiger partial charge in [-0.1, -0.05) is 19.4 Å². The van der Waals surface area contributed by atoms with E-state index in [0.29, 0.717) is 12.6 Å². The van der Waals surface area contributed by atoms with Gasteiger partial charge in [0.25, 0.3) is 0 Å². The number of ether oxygens (including phenoxy) is 1. The number of rotatable bonds is 7. The van der Waals surface area contributed by atoms with Crippen molar-refractivity contribution in [2.75, 3.05) is 13.7 Å². The Hall–Kier alpha value is -0.870. The Morgan fingerprint density at radius 2 is 2.28 bits per heavy atom. The van der Waals surface area contributed by atoms with E-state index in [0.717, 1.165) is 12.8 Å². The molecule has 1 N–H and O–H groups in total. The first-order valence-electron chi connectivity index (χ1n) is 6.36. The summed E-state index contributed by atoms with van der Waals surface area (Å²) in [6, 6.07) is 4.54. The Morgan fingerprint density at radius 1 is 1.56 bits per heavy atom.